The summed E-state index contributed by atoms with van der Waals surface area (Å²) in [5, 5.41) is 2.90. The number of nitrogens with two attached hydrogens (primary N) is 1. The molecule has 0 aliphatic rings. The zero-order chi connectivity index (χ0) is 12.3. The maximum Gasteiger partial charge on any atom is 0.186 e. The minimum absolute atomic E-state index is 0.195. The maximum absolute atomic E-state index is 13.6. The van der Waals surface area contributed by atoms with Crippen LogP contribution in [0.5, 0.6) is 0 Å². The summed E-state index contributed by atoms with van der Waals surface area (Å²) >= 11 is 0. The van der Waals surface area contributed by atoms with Crippen LogP contribution in [0.25, 0.3) is 0 Å². The van der Waals surface area contributed by atoms with Gasteiger partial charge in [0, 0.05) is 12.2 Å². The van der Waals surface area contributed by atoms with Gasteiger partial charge in [0.1, 0.15) is 6.33 Å². The second-order valence-corrected chi connectivity index (χ2v) is 3.67. The van der Waals surface area contributed by atoms with E-state index in [9.17, 15) is 4.39 Å². The molecule has 0 saturated heterocycles. The zero-order valence-electron chi connectivity index (χ0n) is 9.44. The van der Waals surface area contributed by atoms with E-state index < -0.39 is 5.82 Å². The summed E-state index contributed by atoms with van der Waals surface area (Å²) < 4.78 is 13.6. The fraction of sp³-hybridized carbons (Fsp3) is 0.167. The van der Waals surface area contributed by atoms with Crippen LogP contribution in [0.3, 0.4) is 0 Å². The van der Waals surface area contributed by atoms with E-state index in [0.29, 0.717) is 17.9 Å². The molecule has 5 heteroatoms. The molecule has 0 atom stereocenters. The predicted molar refractivity (Wildman–Crippen MR) is 64.9 cm³/mol. The van der Waals surface area contributed by atoms with E-state index in [4.69, 9.17) is 5.73 Å². The Kier molecular flexibility index (Phi) is 3.18. The molecule has 1 heterocycles. The fourth-order valence-electron chi connectivity index (χ4n) is 1.46. The Morgan fingerprint density at radius 2 is 2.06 bits per heavy atom. The second-order valence-electron chi connectivity index (χ2n) is 3.67. The van der Waals surface area contributed by atoms with Gasteiger partial charge in [-0.15, -0.1) is 0 Å². The average molecular weight is 232 g/mol. The maximum atomic E-state index is 13.6. The van der Waals surface area contributed by atoms with E-state index in [1.807, 2.05) is 18.2 Å². The minimum Gasteiger partial charge on any atom is -0.398 e. The molecule has 0 radical (unpaired) electrons. The third-order valence-corrected chi connectivity index (χ3v) is 2.47. The molecule has 0 saturated carbocycles. The van der Waals surface area contributed by atoms with Crippen LogP contribution in [-0.2, 0) is 6.54 Å². The summed E-state index contributed by atoms with van der Waals surface area (Å²) in [4.78, 5) is 7.61. The molecule has 17 heavy (non-hydrogen) atoms. The number of benzene rings is 1. The molecule has 0 aliphatic heterocycles. The lowest BCUT2D eigenvalue weighted by molar-refractivity contribution is 0.604. The van der Waals surface area contributed by atoms with Crippen molar-refractivity contribution in [1.82, 2.24) is 9.97 Å². The van der Waals surface area contributed by atoms with Crippen molar-refractivity contribution < 1.29 is 4.39 Å². The van der Waals surface area contributed by atoms with Crippen LogP contribution < -0.4 is 11.1 Å². The third-order valence-electron chi connectivity index (χ3n) is 2.47. The van der Waals surface area contributed by atoms with Gasteiger partial charge in [0.2, 0.25) is 0 Å². The van der Waals surface area contributed by atoms with Crippen LogP contribution in [0.2, 0.25) is 0 Å². The molecular formula is C12H13FN4. The highest BCUT2D eigenvalue weighted by Crippen LogP contribution is 2.15. The predicted octanol–water partition coefficient (Wildman–Crippen LogP) is 2.12. The molecule has 3 N–H and O–H groups in total. The lowest BCUT2D eigenvalue weighted by Gasteiger charge is -2.09. The Morgan fingerprint density at radius 1 is 1.29 bits per heavy atom. The first-order chi connectivity index (χ1) is 8.18. The number of nitrogen functional groups attached to an aromatic ring is 1. The number of aryl methyl sites for hydroxylation is 1. The Bertz CT molecular complexity index is 528. The van der Waals surface area contributed by atoms with Gasteiger partial charge in [-0.25, -0.2) is 14.4 Å². The molecule has 2 rings (SSSR count). The van der Waals surface area contributed by atoms with Crippen LogP contribution in [0.4, 0.5) is 15.9 Å². The molecule has 1 aromatic carbocycles. The first kappa shape index (κ1) is 11.3. The standard InChI is InChI=1S/C12H13FN4/c1-8-11(13)12(17-7-16-8)15-6-9-4-2-3-5-10(9)14/h2-5,7H,6,14H2,1H3,(H,15,16,17). The van der Waals surface area contributed by atoms with Crippen molar-refractivity contribution >= 4 is 11.5 Å². The molecule has 0 aliphatic carbocycles. The van der Waals surface area contributed by atoms with Crippen molar-refractivity contribution in [2.24, 2.45) is 0 Å². The lowest BCUT2D eigenvalue weighted by Crippen LogP contribution is -2.07. The lowest BCUT2D eigenvalue weighted by atomic mass is 10.2. The van der Waals surface area contributed by atoms with Crippen molar-refractivity contribution in [3.8, 4) is 0 Å². The van der Waals surface area contributed by atoms with Gasteiger partial charge in [-0.1, -0.05) is 18.2 Å². The molecule has 0 spiro atoms. The van der Waals surface area contributed by atoms with E-state index in [-0.39, 0.29) is 5.82 Å². The molecule has 0 fully saturated rings. The summed E-state index contributed by atoms with van der Waals surface area (Å²) in [5.74, 6) is -0.234. The van der Waals surface area contributed by atoms with E-state index >= 15 is 0 Å². The van der Waals surface area contributed by atoms with Crippen LogP contribution in [-0.4, -0.2) is 9.97 Å². The van der Waals surface area contributed by atoms with Crippen molar-refractivity contribution in [2.45, 2.75) is 13.5 Å². The number of halogens is 1. The van der Waals surface area contributed by atoms with Crippen LogP contribution >= 0.6 is 0 Å². The van der Waals surface area contributed by atoms with E-state index in [1.165, 1.54) is 6.33 Å². The van der Waals surface area contributed by atoms with Gasteiger partial charge in [0.15, 0.2) is 11.6 Å². The molecular weight excluding hydrogens is 219 g/mol. The highest BCUT2D eigenvalue weighted by molar-refractivity contribution is 5.48. The topological polar surface area (TPSA) is 63.8 Å². The number of hydrogen-bond acceptors (Lipinski definition) is 4. The number of nitrogens with zero attached hydrogens (tertiary/aromatic N) is 2. The van der Waals surface area contributed by atoms with Crippen molar-refractivity contribution in [2.75, 3.05) is 11.1 Å². The third kappa shape index (κ3) is 2.50. The summed E-state index contributed by atoms with van der Waals surface area (Å²) in [6, 6.07) is 7.43. The highest BCUT2D eigenvalue weighted by atomic mass is 19.1. The molecule has 88 valence electrons. The summed E-state index contributed by atoms with van der Waals surface area (Å²) in [7, 11) is 0. The zero-order valence-corrected chi connectivity index (χ0v) is 9.44. The normalized spacial score (nSPS) is 10.2. The molecule has 1 aromatic heterocycles. The number of nitrogens with one attached hydrogen (secondary N) is 1. The summed E-state index contributed by atoms with van der Waals surface area (Å²) in [6.07, 6.45) is 1.33. The Balaban J connectivity index is 2.13. The Morgan fingerprint density at radius 3 is 2.82 bits per heavy atom. The largest absolute Gasteiger partial charge is 0.398 e. The number of aromatic nitrogens is 2. The number of hydrogen-bond donors (Lipinski definition) is 2. The first-order valence-electron chi connectivity index (χ1n) is 5.23. The molecule has 4 nitrogen and oxygen atoms in total. The van der Waals surface area contributed by atoms with Crippen LogP contribution in [0, 0.1) is 12.7 Å². The van der Waals surface area contributed by atoms with Crippen LogP contribution in [0.1, 0.15) is 11.3 Å². The van der Waals surface area contributed by atoms with Gasteiger partial charge >= 0.3 is 0 Å². The van der Waals surface area contributed by atoms with Gasteiger partial charge in [0.25, 0.3) is 0 Å². The monoisotopic (exact) mass is 232 g/mol. The minimum atomic E-state index is -0.429. The smallest absolute Gasteiger partial charge is 0.186 e. The summed E-state index contributed by atoms with van der Waals surface area (Å²) in [6.45, 7) is 2.03. The van der Waals surface area contributed by atoms with Gasteiger partial charge in [-0.05, 0) is 18.6 Å². The van der Waals surface area contributed by atoms with Gasteiger partial charge in [-0.3, -0.25) is 0 Å². The highest BCUT2D eigenvalue weighted by Gasteiger charge is 2.07. The quantitative estimate of drug-likeness (QED) is 0.795. The Hall–Kier alpha value is -2.17. The van der Waals surface area contributed by atoms with Crippen molar-refractivity contribution in [1.29, 1.82) is 0 Å². The summed E-state index contributed by atoms with van der Waals surface area (Å²) in [5.41, 5.74) is 7.69. The van der Waals surface area contributed by atoms with E-state index in [0.717, 1.165) is 5.56 Å². The van der Waals surface area contributed by atoms with Gasteiger partial charge in [0.05, 0.1) is 5.69 Å². The first-order valence-corrected chi connectivity index (χ1v) is 5.23. The molecule has 0 bridgehead atoms. The number of para-hydroxylation sites is 1. The fourth-order valence-corrected chi connectivity index (χ4v) is 1.46. The molecule has 0 unspecified atom stereocenters. The molecule has 0 amide bonds. The molecule has 2 aromatic rings. The van der Waals surface area contributed by atoms with Crippen molar-refractivity contribution in [3.05, 3.63) is 47.7 Å². The average Bonchev–Trinajstić information content (AvgIpc) is 2.33. The van der Waals surface area contributed by atoms with E-state index in [1.54, 1.807) is 13.0 Å². The Labute approximate surface area is 98.7 Å². The van der Waals surface area contributed by atoms with Crippen LogP contribution in [0.15, 0.2) is 30.6 Å². The number of anilines is 2. The second kappa shape index (κ2) is 4.78. The van der Waals surface area contributed by atoms with E-state index in [2.05, 4.69) is 15.3 Å². The van der Waals surface area contributed by atoms with Crippen molar-refractivity contribution in [3.63, 3.8) is 0 Å². The van der Waals surface area contributed by atoms with Gasteiger partial charge in [-0.2, -0.15) is 0 Å². The SMILES string of the molecule is Cc1ncnc(NCc2ccccc2N)c1F. The number of rotatable bonds is 3. The van der Waals surface area contributed by atoms with Gasteiger partial charge < -0.3 is 11.1 Å².